The monoisotopic (exact) mass is 332 g/mol. The highest BCUT2D eigenvalue weighted by Crippen LogP contribution is 2.32. The first-order valence-electron chi connectivity index (χ1n) is 8.28. The van der Waals surface area contributed by atoms with Crippen molar-refractivity contribution in [1.82, 2.24) is 10.3 Å². The molecule has 0 saturated heterocycles. The molecule has 2 N–H and O–H groups in total. The van der Waals surface area contributed by atoms with Crippen LogP contribution in [0.4, 0.5) is 0 Å². The summed E-state index contributed by atoms with van der Waals surface area (Å²) in [6.45, 7) is 2.46. The Morgan fingerprint density at radius 1 is 1.08 bits per heavy atom. The molecule has 0 fully saturated rings. The summed E-state index contributed by atoms with van der Waals surface area (Å²) in [4.78, 5) is 16.4. The van der Waals surface area contributed by atoms with E-state index in [0.717, 1.165) is 11.1 Å². The van der Waals surface area contributed by atoms with Gasteiger partial charge < -0.3 is 10.4 Å². The topological polar surface area (TPSA) is 62.2 Å². The number of amides is 1. The first-order chi connectivity index (χ1) is 12.2. The molecular weight excluding hydrogens is 312 g/mol. The van der Waals surface area contributed by atoms with Gasteiger partial charge in [0.25, 0.3) is 5.91 Å². The molecule has 25 heavy (non-hydrogen) atoms. The Morgan fingerprint density at radius 2 is 1.88 bits per heavy atom. The summed E-state index contributed by atoms with van der Waals surface area (Å²) in [6.07, 6.45) is 2.24. The molecule has 0 bridgehead atoms. The van der Waals surface area contributed by atoms with Crippen molar-refractivity contribution < 1.29 is 9.90 Å². The fourth-order valence-corrected chi connectivity index (χ4v) is 2.74. The molecule has 1 heterocycles. The Morgan fingerprint density at radius 3 is 2.64 bits per heavy atom. The van der Waals surface area contributed by atoms with Gasteiger partial charge in [0.05, 0.1) is 5.69 Å². The molecule has 0 unspecified atom stereocenters. The van der Waals surface area contributed by atoms with Crippen molar-refractivity contribution in [3.8, 4) is 16.9 Å². The standard InChI is InChI=1S/C21H20N2O2/c1-2-22-21(25)17-10-6-9-16(14-17)18-11-12-23-19(20(18)24)13-15-7-4-3-5-8-15/h3-12,14,24H,2,13H2,1H3,(H,22,25). The first-order valence-corrected chi connectivity index (χ1v) is 8.28. The average Bonchev–Trinajstić information content (AvgIpc) is 2.65. The van der Waals surface area contributed by atoms with E-state index in [1.54, 1.807) is 24.4 Å². The summed E-state index contributed by atoms with van der Waals surface area (Å²) >= 11 is 0. The lowest BCUT2D eigenvalue weighted by Crippen LogP contribution is -2.22. The minimum absolute atomic E-state index is 0.123. The van der Waals surface area contributed by atoms with Gasteiger partial charge in [-0.3, -0.25) is 9.78 Å². The van der Waals surface area contributed by atoms with E-state index in [-0.39, 0.29) is 11.7 Å². The number of aromatic hydroxyl groups is 1. The van der Waals surface area contributed by atoms with Crippen LogP contribution >= 0.6 is 0 Å². The summed E-state index contributed by atoms with van der Waals surface area (Å²) in [5.74, 6) is 0.0295. The van der Waals surface area contributed by atoms with Crippen LogP contribution in [0.2, 0.25) is 0 Å². The van der Waals surface area contributed by atoms with E-state index in [4.69, 9.17) is 0 Å². The molecule has 126 valence electrons. The van der Waals surface area contributed by atoms with Gasteiger partial charge in [0, 0.05) is 30.3 Å². The number of pyridine rings is 1. The maximum Gasteiger partial charge on any atom is 0.251 e. The fourth-order valence-electron chi connectivity index (χ4n) is 2.74. The van der Waals surface area contributed by atoms with Crippen LogP contribution in [0, 0.1) is 0 Å². The Balaban J connectivity index is 1.94. The van der Waals surface area contributed by atoms with E-state index >= 15 is 0 Å². The molecule has 0 spiro atoms. The summed E-state index contributed by atoms with van der Waals surface area (Å²) in [5, 5.41) is 13.5. The summed E-state index contributed by atoms with van der Waals surface area (Å²) in [7, 11) is 0. The lowest BCUT2D eigenvalue weighted by atomic mass is 10.00. The predicted molar refractivity (Wildman–Crippen MR) is 98.6 cm³/mol. The largest absolute Gasteiger partial charge is 0.505 e. The Hall–Kier alpha value is -3.14. The smallest absolute Gasteiger partial charge is 0.251 e. The zero-order chi connectivity index (χ0) is 17.6. The summed E-state index contributed by atoms with van der Waals surface area (Å²) < 4.78 is 0. The lowest BCUT2D eigenvalue weighted by Gasteiger charge is -2.10. The van der Waals surface area contributed by atoms with Crippen LogP contribution in [0.5, 0.6) is 5.75 Å². The molecule has 0 aliphatic heterocycles. The van der Waals surface area contributed by atoms with E-state index in [9.17, 15) is 9.90 Å². The second-order valence-electron chi connectivity index (χ2n) is 5.76. The van der Waals surface area contributed by atoms with Crippen LogP contribution in [0.15, 0.2) is 66.9 Å². The minimum Gasteiger partial charge on any atom is -0.505 e. The van der Waals surface area contributed by atoms with Gasteiger partial charge >= 0.3 is 0 Å². The number of aromatic nitrogens is 1. The minimum atomic E-state index is -0.123. The van der Waals surface area contributed by atoms with Gasteiger partial charge in [0.2, 0.25) is 0 Å². The molecule has 0 atom stereocenters. The molecule has 1 amide bonds. The van der Waals surface area contributed by atoms with Crippen molar-refractivity contribution >= 4 is 5.91 Å². The van der Waals surface area contributed by atoms with Crippen molar-refractivity contribution in [3.63, 3.8) is 0 Å². The number of nitrogens with one attached hydrogen (secondary N) is 1. The third-order valence-corrected chi connectivity index (χ3v) is 3.99. The van der Waals surface area contributed by atoms with Crippen LogP contribution in [0.3, 0.4) is 0 Å². The Kier molecular flexibility index (Phi) is 5.09. The van der Waals surface area contributed by atoms with Crippen LogP contribution < -0.4 is 5.32 Å². The van der Waals surface area contributed by atoms with Crippen LogP contribution in [-0.4, -0.2) is 22.5 Å². The molecular formula is C21H20N2O2. The predicted octanol–water partition coefficient (Wildman–Crippen LogP) is 3.79. The summed E-state index contributed by atoms with van der Waals surface area (Å²) in [6, 6.07) is 18.9. The van der Waals surface area contributed by atoms with Crippen LogP contribution in [-0.2, 0) is 6.42 Å². The highest BCUT2D eigenvalue weighted by Gasteiger charge is 2.13. The third kappa shape index (κ3) is 3.86. The summed E-state index contributed by atoms with van der Waals surface area (Å²) in [5.41, 5.74) is 3.73. The van der Waals surface area contributed by atoms with Gasteiger partial charge in [-0.1, -0.05) is 42.5 Å². The molecule has 0 aliphatic carbocycles. The van der Waals surface area contributed by atoms with Crippen molar-refractivity contribution in [2.24, 2.45) is 0 Å². The van der Waals surface area contributed by atoms with E-state index in [0.29, 0.717) is 29.8 Å². The highest BCUT2D eigenvalue weighted by molar-refractivity contribution is 5.95. The first kappa shape index (κ1) is 16.7. The van der Waals surface area contributed by atoms with Crippen LogP contribution in [0.1, 0.15) is 28.5 Å². The lowest BCUT2D eigenvalue weighted by molar-refractivity contribution is 0.0956. The third-order valence-electron chi connectivity index (χ3n) is 3.99. The van der Waals surface area contributed by atoms with Crippen molar-refractivity contribution in [1.29, 1.82) is 0 Å². The van der Waals surface area contributed by atoms with Crippen molar-refractivity contribution in [2.75, 3.05) is 6.54 Å². The number of rotatable bonds is 5. The molecule has 3 aromatic rings. The zero-order valence-corrected chi connectivity index (χ0v) is 14.1. The molecule has 3 rings (SSSR count). The normalized spacial score (nSPS) is 10.4. The van der Waals surface area contributed by atoms with Gasteiger partial charge in [0.15, 0.2) is 0 Å². The molecule has 2 aromatic carbocycles. The number of benzene rings is 2. The van der Waals surface area contributed by atoms with Gasteiger partial charge in [-0.2, -0.15) is 0 Å². The van der Waals surface area contributed by atoms with Gasteiger partial charge in [-0.05, 0) is 36.2 Å². The highest BCUT2D eigenvalue weighted by atomic mass is 16.3. The quantitative estimate of drug-likeness (QED) is 0.747. The average molecular weight is 332 g/mol. The maximum atomic E-state index is 12.0. The Bertz CT molecular complexity index is 876. The maximum absolute atomic E-state index is 12.0. The van der Waals surface area contributed by atoms with Crippen molar-refractivity contribution in [2.45, 2.75) is 13.3 Å². The number of nitrogens with zero attached hydrogens (tertiary/aromatic N) is 1. The van der Waals surface area contributed by atoms with Gasteiger partial charge in [-0.25, -0.2) is 0 Å². The number of carbonyl (C=O) groups excluding carboxylic acids is 1. The molecule has 0 saturated carbocycles. The van der Waals surface area contributed by atoms with E-state index in [1.165, 1.54) is 0 Å². The molecule has 0 aliphatic rings. The SMILES string of the molecule is CCNC(=O)c1cccc(-c2ccnc(Cc3ccccc3)c2O)c1. The van der Waals surface area contributed by atoms with E-state index in [1.807, 2.05) is 49.4 Å². The molecule has 4 heteroatoms. The van der Waals surface area contributed by atoms with Gasteiger partial charge in [0.1, 0.15) is 5.75 Å². The molecule has 0 radical (unpaired) electrons. The van der Waals surface area contributed by atoms with Gasteiger partial charge in [-0.15, -0.1) is 0 Å². The molecule has 1 aromatic heterocycles. The van der Waals surface area contributed by atoms with E-state index in [2.05, 4.69) is 10.3 Å². The fraction of sp³-hybridized carbons (Fsp3) is 0.143. The molecule has 4 nitrogen and oxygen atoms in total. The number of hydrogen-bond acceptors (Lipinski definition) is 3. The number of carbonyl (C=O) groups is 1. The van der Waals surface area contributed by atoms with Crippen molar-refractivity contribution in [3.05, 3.63) is 83.7 Å². The van der Waals surface area contributed by atoms with E-state index < -0.39 is 0 Å². The van der Waals surface area contributed by atoms with Crippen LogP contribution in [0.25, 0.3) is 11.1 Å². The Labute approximate surface area is 147 Å². The second kappa shape index (κ2) is 7.62. The zero-order valence-electron chi connectivity index (χ0n) is 14.1. The second-order valence-corrected chi connectivity index (χ2v) is 5.76. The number of hydrogen-bond donors (Lipinski definition) is 2.